The summed E-state index contributed by atoms with van der Waals surface area (Å²) in [5.41, 5.74) is 3.77. The fraction of sp³-hybridized carbons (Fsp3) is 0.588. The Labute approximate surface area is 130 Å². The molecular weight excluding hydrogens is 314 g/mol. The maximum Gasteiger partial charge on any atom is 0.227 e. The van der Waals surface area contributed by atoms with Crippen molar-refractivity contribution in [3.05, 3.63) is 29.3 Å². The molecule has 1 aromatic rings. The normalized spacial score (nSPS) is 14.8. The van der Waals surface area contributed by atoms with Gasteiger partial charge < -0.3 is 4.90 Å². The molecule has 0 aromatic heterocycles. The summed E-state index contributed by atoms with van der Waals surface area (Å²) >= 11 is 3.69. The number of amides is 1. The molecule has 2 rings (SSSR count). The Bertz CT molecular complexity index is 502. The van der Waals surface area contributed by atoms with Crippen molar-refractivity contribution in [2.75, 3.05) is 11.4 Å². The van der Waals surface area contributed by atoms with Crippen LogP contribution in [-0.2, 0) is 17.6 Å². The number of fused-ring (bicyclic) bond motifs is 1. The number of hydrogen-bond acceptors (Lipinski definition) is 1. The second kappa shape index (κ2) is 5.88. The van der Waals surface area contributed by atoms with Crippen molar-refractivity contribution in [1.29, 1.82) is 0 Å². The summed E-state index contributed by atoms with van der Waals surface area (Å²) < 4.78 is 0.118. The first-order chi connectivity index (χ1) is 9.26. The van der Waals surface area contributed by atoms with Crippen molar-refractivity contribution < 1.29 is 4.79 Å². The molecule has 0 radical (unpaired) electrons. The van der Waals surface area contributed by atoms with Crippen molar-refractivity contribution in [2.45, 2.75) is 51.3 Å². The van der Waals surface area contributed by atoms with Crippen LogP contribution in [0.3, 0.4) is 0 Å². The van der Waals surface area contributed by atoms with Gasteiger partial charge in [0.2, 0.25) is 5.91 Å². The molecule has 2 nitrogen and oxygen atoms in total. The topological polar surface area (TPSA) is 20.3 Å². The largest absolute Gasteiger partial charge is 0.312 e. The smallest absolute Gasteiger partial charge is 0.227 e. The lowest BCUT2D eigenvalue weighted by molar-refractivity contribution is -0.119. The molecule has 0 atom stereocenters. The molecule has 0 spiro atoms. The zero-order valence-corrected chi connectivity index (χ0v) is 14.5. The highest BCUT2D eigenvalue weighted by molar-refractivity contribution is 9.10. The van der Waals surface area contributed by atoms with Crippen LogP contribution in [0.5, 0.6) is 0 Å². The summed E-state index contributed by atoms with van der Waals surface area (Å²) in [7, 11) is 0. The molecule has 1 amide bonds. The van der Waals surface area contributed by atoms with E-state index in [2.05, 4.69) is 61.8 Å². The Balaban J connectivity index is 2.16. The molecule has 1 heterocycles. The number of rotatable bonds is 4. The zero-order valence-electron chi connectivity index (χ0n) is 12.9. The van der Waals surface area contributed by atoms with Crippen LogP contribution in [0.4, 0.5) is 5.69 Å². The number of carbonyl (C=O) groups is 1. The Morgan fingerprint density at radius 2 is 2.10 bits per heavy atom. The number of carbonyl (C=O) groups excluding carboxylic acids is 1. The SMILES string of the molecule is CC(C)CC(=O)N1CCc2cc(CC(C)(C)Br)ccc21. The van der Waals surface area contributed by atoms with Crippen molar-refractivity contribution in [1.82, 2.24) is 0 Å². The first-order valence-electron chi connectivity index (χ1n) is 7.37. The van der Waals surface area contributed by atoms with E-state index in [1.165, 1.54) is 11.1 Å². The lowest BCUT2D eigenvalue weighted by atomic mass is 10.00. The molecule has 110 valence electrons. The predicted molar refractivity (Wildman–Crippen MR) is 88.7 cm³/mol. The number of halogens is 1. The molecule has 1 aliphatic heterocycles. The van der Waals surface area contributed by atoms with Crippen LogP contribution in [0.15, 0.2) is 18.2 Å². The number of nitrogens with zero attached hydrogens (tertiary/aromatic N) is 1. The monoisotopic (exact) mass is 337 g/mol. The van der Waals surface area contributed by atoms with Crippen molar-refractivity contribution in [3.8, 4) is 0 Å². The quantitative estimate of drug-likeness (QED) is 0.748. The molecule has 1 aromatic carbocycles. The molecular formula is C17H24BrNO. The van der Waals surface area contributed by atoms with Gasteiger partial charge in [-0.3, -0.25) is 4.79 Å². The van der Waals surface area contributed by atoms with Gasteiger partial charge in [0.05, 0.1) is 0 Å². The minimum Gasteiger partial charge on any atom is -0.312 e. The first kappa shape index (κ1) is 15.6. The van der Waals surface area contributed by atoms with Gasteiger partial charge in [-0.1, -0.05) is 41.9 Å². The third-order valence-electron chi connectivity index (χ3n) is 3.55. The van der Waals surface area contributed by atoms with E-state index in [9.17, 15) is 4.79 Å². The molecule has 0 N–H and O–H groups in total. The van der Waals surface area contributed by atoms with E-state index in [4.69, 9.17) is 0 Å². The van der Waals surface area contributed by atoms with Crippen LogP contribution in [0.1, 0.15) is 45.2 Å². The standard InChI is InChI=1S/C17H24BrNO/c1-12(2)9-16(20)19-8-7-14-10-13(5-6-15(14)19)11-17(3,4)18/h5-6,10,12H,7-9,11H2,1-4H3. The van der Waals surface area contributed by atoms with Crippen LogP contribution in [-0.4, -0.2) is 16.8 Å². The lowest BCUT2D eigenvalue weighted by Gasteiger charge is -2.20. The second-order valence-electron chi connectivity index (χ2n) is 6.75. The van der Waals surface area contributed by atoms with Crippen molar-refractivity contribution in [2.24, 2.45) is 5.92 Å². The van der Waals surface area contributed by atoms with Crippen LogP contribution < -0.4 is 4.90 Å². The van der Waals surface area contributed by atoms with Gasteiger partial charge in [-0.25, -0.2) is 0 Å². The Morgan fingerprint density at radius 3 is 2.70 bits per heavy atom. The molecule has 0 saturated carbocycles. The summed E-state index contributed by atoms with van der Waals surface area (Å²) in [5, 5.41) is 0. The molecule has 0 bridgehead atoms. The first-order valence-corrected chi connectivity index (χ1v) is 8.16. The fourth-order valence-electron chi connectivity index (χ4n) is 2.77. The van der Waals surface area contributed by atoms with Crippen LogP contribution in [0, 0.1) is 5.92 Å². The predicted octanol–water partition coefficient (Wildman–Crippen LogP) is 4.34. The Hall–Kier alpha value is -0.830. The minimum atomic E-state index is 0.118. The maximum atomic E-state index is 12.3. The van der Waals surface area contributed by atoms with E-state index < -0.39 is 0 Å². The molecule has 0 fully saturated rings. The summed E-state index contributed by atoms with van der Waals surface area (Å²) in [5.74, 6) is 0.673. The lowest BCUT2D eigenvalue weighted by Crippen LogP contribution is -2.29. The summed E-state index contributed by atoms with van der Waals surface area (Å²) in [4.78, 5) is 14.2. The highest BCUT2D eigenvalue weighted by Crippen LogP contribution is 2.31. The van der Waals surface area contributed by atoms with Gasteiger partial charge in [-0.15, -0.1) is 0 Å². The highest BCUT2D eigenvalue weighted by Gasteiger charge is 2.25. The fourth-order valence-corrected chi connectivity index (χ4v) is 3.09. The Morgan fingerprint density at radius 1 is 1.40 bits per heavy atom. The third-order valence-corrected chi connectivity index (χ3v) is 3.83. The average Bonchev–Trinajstić information content (AvgIpc) is 2.68. The van der Waals surface area contributed by atoms with E-state index in [1.54, 1.807) is 0 Å². The van der Waals surface area contributed by atoms with E-state index in [0.29, 0.717) is 12.3 Å². The molecule has 20 heavy (non-hydrogen) atoms. The van der Waals surface area contributed by atoms with Crippen LogP contribution in [0.2, 0.25) is 0 Å². The van der Waals surface area contributed by atoms with Gasteiger partial charge in [0, 0.05) is 23.0 Å². The number of benzene rings is 1. The molecule has 0 aliphatic carbocycles. The van der Waals surface area contributed by atoms with E-state index in [0.717, 1.165) is 25.1 Å². The summed E-state index contributed by atoms with van der Waals surface area (Å²) in [6.07, 6.45) is 2.62. The second-order valence-corrected chi connectivity index (χ2v) is 8.90. The van der Waals surface area contributed by atoms with E-state index >= 15 is 0 Å². The number of anilines is 1. The van der Waals surface area contributed by atoms with Gasteiger partial charge in [0.25, 0.3) is 0 Å². The van der Waals surface area contributed by atoms with Gasteiger partial charge in [0.1, 0.15) is 0 Å². The van der Waals surface area contributed by atoms with Crippen LogP contribution >= 0.6 is 15.9 Å². The zero-order chi connectivity index (χ0) is 14.9. The van der Waals surface area contributed by atoms with Gasteiger partial charge in [-0.2, -0.15) is 0 Å². The molecule has 3 heteroatoms. The summed E-state index contributed by atoms with van der Waals surface area (Å²) in [6.45, 7) is 9.38. The third kappa shape index (κ3) is 3.85. The van der Waals surface area contributed by atoms with Gasteiger partial charge >= 0.3 is 0 Å². The average molecular weight is 338 g/mol. The highest BCUT2D eigenvalue weighted by atomic mass is 79.9. The maximum absolute atomic E-state index is 12.3. The molecule has 1 aliphatic rings. The van der Waals surface area contributed by atoms with E-state index in [1.807, 2.05) is 4.90 Å². The van der Waals surface area contributed by atoms with Crippen molar-refractivity contribution >= 4 is 27.5 Å². The van der Waals surface area contributed by atoms with Gasteiger partial charge in [-0.05, 0) is 49.8 Å². The van der Waals surface area contributed by atoms with Crippen LogP contribution in [0.25, 0.3) is 0 Å². The molecule has 0 unspecified atom stereocenters. The summed E-state index contributed by atoms with van der Waals surface area (Å²) in [6, 6.07) is 6.54. The number of alkyl halides is 1. The minimum absolute atomic E-state index is 0.118. The number of hydrogen-bond donors (Lipinski definition) is 0. The van der Waals surface area contributed by atoms with E-state index in [-0.39, 0.29) is 10.2 Å². The Kier molecular flexibility index (Phi) is 4.58. The van der Waals surface area contributed by atoms with Gasteiger partial charge in [0.15, 0.2) is 0 Å². The molecule has 0 saturated heterocycles. The van der Waals surface area contributed by atoms with Crippen molar-refractivity contribution in [3.63, 3.8) is 0 Å².